The Hall–Kier alpha value is -0.910. The van der Waals surface area contributed by atoms with Crippen LogP contribution in [0.1, 0.15) is 25.4 Å². The molecular formula is C9H11F3N2S. The molecule has 0 saturated carbocycles. The number of rotatable bonds is 2. The van der Waals surface area contributed by atoms with Crippen molar-refractivity contribution < 1.29 is 13.2 Å². The maximum Gasteiger partial charge on any atom is 0.449 e. The van der Waals surface area contributed by atoms with Crippen LogP contribution in [-0.2, 0) is 12.6 Å². The molecule has 1 aromatic rings. The topological polar surface area (TPSA) is 28.7 Å². The predicted molar refractivity (Wildman–Crippen MR) is 53.0 cm³/mol. The van der Waals surface area contributed by atoms with Crippen molar-refractivity contribution in [1.82, 2.24) is 9.97 Å². The van der Waals surface area contributed by atoms with E-state index in [0.717, 1.165) is 0 Å². The van der Waals surface area contributed by atoms with Gasteiger partial charge in [-0.15, -0.1) is 0 Å². The van der Waals surface area contributed by atoms with Crippen molar-refractivity contribution in [3.8, 4) is 0 Å². The number of halogens is 3. The van der Waals surface area contributed by atoms with Crippen LogP contribution in [0, 0.1) is 10.6 Å². The van der Waals surface area contributed by atoms with Crippen LogP contribution in [0.25, 0.3) is 0 Å². The van der Waals surface area contributed by atoms with Crippen molar-refractivity contribution in [3.63, 3.8) is 0 Å². The van der Waals surface area contributed by atoms with E-state index in [-0.39, 0.29) is 10.6 Å². The third-order valence-corrected chi connectivity index (χ3v) is 1.90. The maximum absolute atomic E-state index is 12.3. The van der Waals surface area contributed by atoms with Gasteiger partial charge >= 0.3 is 6.18 Å². The van der Waals surface area contributed by atoms with E-state index < -0.39 is 12.0 Å². The van der Waals surface area contributed by atoms with Crippen molar-refractivity contribution in [3.05, 3.63) is 22.2 Å². The normalized spacial score (nSPS) is 12.1. The Kier molecular flexibility index (Phi) is 3.49. The third-order valence-electron chi connectivity index (χ3n) is 1.70. The van der Waals surface area contributed by atoms with E-state index in [9.17, 15) is 13.2 Å². The molecule has 1 aromatic heterocycles. The first-order valence-corrected chi connectivity index (χ1v) is 4.87. The highest BCUT2D eigenvalue weighted by atomic mass is 32.1. The Morgan fingerprint density at radius 2 is 2.07 bits per heavy atom. The Morgan fingerprint density at radius 1 is 1.47 bits per heavy atom. The molecule has 2 nitrogen and oxygen atoms in total. The molecular weight excluding hydrogens is 225 g/mol. The molecule has 1 heterocycles. The maximum atomic E-state index is 12.3. The van der Waals surface area contributed by atoms with Crippen LogP contribution < -0.4 is 0 Å². The number of aromatic amines is 1. The third kappa shape index (κ3) is 3.62. The van der Waals surface area contributed by atoms with Crippen molar-refractivity contribution in [2.45, 2.75) is 26.4 Å². The summed E-state index contributed by atoms with van der Waals surface area (Å²) < 4.78 is 37.0. The van der Waals surface area contributed by atoms with E-state index in [1.807, 2.05) is 13.8 Å². The highest BCUT2D eigenvalue weighted by Crippen LogP contribution is 2.26. The quantitative estimate of drug-likeness (QED) is 0.798. The van der Waals surface area contributed by atoms with E-state index in [0.29, 0.717) is 12.1 Å². The minimum absolute atomic E-state index is 0.0308. The van der Waals surface area contributed by atoms with Crippen molar-refractivity contribution >= 4 is 12.2 Å². The zero-order valence-electron chi connectivity index (χ0n) is 8.35. The standard InChI is InChI=1S/C9H11F3N2S/c1-5(2)3-6-4-7(15)14-8(13-6)9(10,11)12/h4-5H,3H2,1-2H3,(H,13,14,15). The van der Waals surface area contributed by atoms with Crippen LogP contribution in [0.5, 0.6) is 0 Å². The van der Waals surface area contributed by atoms with Crippen molar-refractivity contribution in [2.75, 3.05) is 0 Å². The lowest BCUT2D eigenvalue weighted by Gasteiger charge is -2.09. The smallest absolute Gasteiger partial charge is 0.340 e. The zero-order valence-corrected chi connectivity index (χ0v) is 9.17. The highest BCUT2D eigenvalue weighted by Gasteiger charge is 2.33. The summed E-state index contributed by atoms with van der Waals surface area (Å²) in [6, 6.07) is 1.46. The Bertz CT molecular complexity index is 395. The molecule has 1 rings (SSSR count). The SMILES string of the molecule is CC(C)Cc1cc(=S)nc(C(F)(F)F)[nH]1. The summed E-state index contributed by atoms with van der Waals surface area (Å²) in [5.41, 5.74) is 0.470. The molecule has 0 bridgehead atoms. The molecule has 1 N–H and O–H groups in total. The molecule has 0 atom stereocenters. The molecule has 0 amide bonds. The fraction of sp³-hybridized carbons (Fsp3) is 0.556. The van der Waals surface area contributed by atoms with Gasteiger partial charge in [0.15, 0.2) is 0 Å². The number of nitrogens with zero attached hydrogens (tertiary/aromatic N) is 1. The first-order chi connectivity index (χ1) is 6.79. The van der Waals surface area contributed by atoms with E-state index >= 15 is 0 Å². The van der Waals surface area contributed by atoms with Gasteiger partial charge in [0.1, 0.15) is 4.64 Å². The van der Waals surface area contributed by atoms with Crippen molar-refractivity contribution in [1.29, 1.82) is 0 Å². The Morgan fingerprint density at radius 3 is 2.53 bits per heavy atom. The van der Waals surface area contributed by atoms with Gasteiger partial charge in [0.2, 0.25) is 5.82 Å². The first kappa shape index (κ1) is 12.2. The molecule has 6 heteroatoms. The van der Waals surface area contributed by atoms with Gasteiger partial charge in [-0.3, -0.25) is 0 Å². The lowest BCUT2D eigenvalue weighted by molar-refractivity contribution is -0.145. The number of hydrogen-bond donors (Lipinski definition) is 1. The van der Waals surface area contributed by atoms with Gasteiger partial charge in [-0.1, -0.05) is 26.1 Å². The molecule has 0 spiro atoms. The molecule has 0 aromatic carbocycles. The fourth-order valence-corrected chi connectivity index (χ4v) is 1.43. The van der Waals surface area contributed by atoms with Gasteiger partial charge in [0, 0.05) is 5.69 Å². The van der Waals surface area contributed by atoms with Gasteiger partial charge in [-0.2, -0.15) is 13.2 Å². The van der Waals surface area contributed by atoms with Gasteiger partial charge in [-0.25, -0.2) is 4.98 Å². The first-order valence-electron chi connectivity index (χ1n) is 4.46. The average molecular weight is 236 g/mol. The van der Waals surface area contributed by atoms with Gasteiger partial charge in [0.25, 0.3) is 0 Å². The molecule has 84 valence electrons. The molecule has 0 aliphatic heterocycles. The Balaban J connectivity index is 3.11. The number of H-pyrrole nitrogens is 1. The van der Waals surface area contributed by atoms with E-state index in [1.165, 1.54) is 6.07 Å². The average Bonchev–Trinajstić information content (AvgIpc) is 1.99. The summed E-state index contributed by atoms with van der Waals surface area (Å²) in [4.78, 5) is 5.50. The molecule has 0 aliphatic carbocycles. The van der Waals surface area contributed by atoms with Gasteiger partial charge in [-0.05, 0) is 18.4 Å². The summed E-state index contributed by atoms with van der Waals surface area (Å²) >= 11 is 4.68. The molecule has 15 heavy (non-hydrogen) atoms. The zero-order chi connectivity index (χ0) is 11.6. The van der Waals surface area contributed by atoms with Gasteiger partial charge in [0.05, 0.1) is 0 Å². The summed E-state index contributed by atoms with van der Waals surface area (Å²) in [5, 5.41) is 0. The minimum atomic E-state index is -4.47. The number of aromatic nitrogens is 2. The molecule has 0 fully saturated rings. The summed E-state index contributed by atoms with van der Waals surface area (Å²) in [6.45, 7) is 3.84. The van der Waals surface area contributed by atoms with Crippen LogP contribution in [0.4, 0.5) is 13.2 Å². The number of hydrogen-bond acceptors (Lipinski definition) is 2. The number of nitrogens with one attached hydrogen (secondary N) is 1. The molecule has 0 radical (unpaired) electrons. The minimum Gasteiger partial charge on any atom is -0.340 e. The Labute approximate surface area is 90.6 Å². The predicted octanol–water partition coefficient (Wildman–Crippen LogP) is 3.36. The van der Waals surface area contributed by atoms with Crippen molar-refractivity contribution in [2.24, 2.45) is 5.92 Å². The van der Waals surface area contributed by atoms with Crippen LogP contribution in [0.15, 0.2) is 6.07 Å². The molecule has 0 saturated heterocycles. The van der Waals surface area contributed by atoms with Crippen LogP contribution in [0.2, 0.25) is 0 Å². The van der Waals surface area contributed by atoms with Gasteiger partial charge < -0.3 is 4.98 Å². The second-order valence-corrected chi connectivity index (χ2v) is 4.11. The second kappa shape index (κ2) is 4.30. The van der Waals surface area contributed by atoms with E-state index in [1.54, 1.807) is 0 Å². The monoisotopic (exact) mass is 236 g/mol. The lowest BCUT2D eigenvalue weighted by Crippen LogP contribution is -2.13. The fourth-order valence-electron chi connectivity index (χ4n) is 1.19. The number of alkyl halides is 3. The van der Waals surface area contributed by atoms with E-state index in [2.05, 4.69) is 22.2 Å². The highest BCUT2D eigenvalue weighted by molar-refractivity contribution is 7.71. The molecule has 0 aliphatic rings. The summed E-state index contributed by atoms with van der Waals surface area (Å²) in [7, 11) is 0. The van der Waals surface area contributed by atoms with Crippen LogP contribution in [-0.4, -0.2) is 9.97 Å². The molecule has 0 unspecified atom stereocenters. The summed E-state index contributed by atoms with van der Waals surface area (Å²) in [6.07, 6.45) is -3.95. The summed E-state index contributed by atoms with van der Waals surface area (Å²) in [5.74, 6) is -0.759. The largest absolute Gasteiger partial charge is 0.449 e. The lowest BCUT2D eigenvalue weighted by atomic mass is 10.1. The van der Waals surface area contributed by atoms with Crippen LogP contribution in [0.3, 0.4) is 0 Å². The van der Waals surface area contributed by atoms with Crippen LogP contribution >= 0.6 is 12.2 Å². The van der Waals surface area contributed by atoms with E-state index in [4.69, 9.17) is 0 Å². The second-order valence-electron chi connectivity index (χ2n) is 3.69.